The zero-order valence-corrected chi connectivity index (χ0v) is 9.80. The summed E-state index contributed by atoms with van der Waals surface area (Å²) in [5.41, 5.74) is 6.98. The SMILES string of the molecule is NCC1CCc2nc(-c3ccco3)sc2C1. The molecule has 16 heavy (non-hydrogen) atoms. The van der Waals surface area contributed by atoms with E-state index < -0.39 is 0 Å². The molecule has 1 unspecified atom stereocenters. The molecular formula is C12H14N2OS. The van der Waals surface area contributed by atoms with E-state index in [4.69, 9.17) is 10.2 Å². The number of furan rings is 1. The van der Waals surface area contributed by atoms with Crippen LogP contribution in [0.3, 0.4) is 0 Å². The summed E-state index contributed by atoms with van der Waals surface area (Å²) in [6.45, 7) is 0.785. The number of aromatic nitrogens is 1. The molecule has 4 heteroatoms. The van der Waals surface area contributed by atoms with Crippen LogP contribution < -0.4 is 5.73 Å². The summed E-state index contributed by atoms with van der Waals surface area (Å²) in [4.78, 5) is 6.04. The third-order valence-electron chi connectivity index (χ3n) is 3.11. The van der Waals surface area contributed by atoms with Crippen molar-refractivity contribution in [3.8, 4) is 10.8 Å². The van der Waals surface area contributed by atoms with E-state index in [1.165, 1.54) is 17.0 Å². The van der Waals surface area contributed by atoms with Crippen molar-refractivity contribution in [2.45, 2.75) is 19.3 Å². The predicted octanol–water partition coefficient (Wildman–Crippen LogP) is 2.47. The van der Waals surface area contributed by atoms with Crippen molar-refractivity contribution >= 4 is 11.3 Å². The third-order valence-corrected chi connectivity index (χ3v) is 4.24. The van der Waals surface area contributed by atoms with E-state index in [1.54, 1.807) is 17.6 Å². The molecule has 1 aliphatic carbocycles. The highest BCUT2D eigenvalue weighted by Crippen LogP contribution is 2.34. The van der Waals surface area contributed by atoms with Crippen molar-refractivity contribution < 1.29 is 4.42 Å². The Morgan fingerprint density at radius 2 is 2.50 bits per heavy atom. The molecule has 3 rings (SSSR count). The molecule has 1 atom stereocenters. The number of thiazole rings is 1. The Bertz CT molecular complexity index is 475. The zero-order valence-electron chi connectivity index (χ0n) is 8.98. The highest BCUT2D eigenvalue weighted by atomic mass is 32.1. The first kappa shape index (κ1) is 10.1. The van der Waals surface area contributed by atoms with Crippen LogP contribution in [0, 0.1) is 5.92 Å². The van der Waals surface area contributed by atoms with Crippen molar-refractivity contribution in [1.82, 2.24) is 4.98 Å². The van der Waals surface area contributed by atoms with Crippen LogP contribution in [0.25, 0.3) is 10.8 Å². The molecule has 2 aromatic rings. The van der Waals surface area contributed by atoms with Crippen LogP contribution in [-0.4, -0.2) is 11.5 Å². The first-order valence-corrected chi connectivity index (χ1v) is 6.41. The maximum absolute atomic E-state index is 5.73. The third kappa shape index (κ3) is 1.68. The maximum atomic E-state index is 5.73. The van der Waals surface area contributed by atoms with Gasteiger partial charge in [-0.25, -0.2) is 4.98 Å². The van der Waals surface area contributed by atoms with Crippen LogP contribution >= 0.6 is 11.3 Å². The Morgan fingerprint density at radius 3 is 3.25 bits per heavy atom. The number of hydrogen-bond donors (Lipinski definition) is 1. The van der Waals surface area contributed by atoms with E-state index in [0.29, 0.717) is 5.92 Å². The van der Waals surface area contributed by atoms with Gasteiger partial charge in [0.2, 0.25) is 0 Å². The topological polar surface area (TPSA) is 52.0 Å². The molecule has 3 nitrogen and oxygen atoms in total. The molecule has 0 saturated carbocycles. The summed E-state index contributed by atoms with van der Waals surface area (Å²) in [6, 6.07) is 3.86. The van der Waals surface area contributed by atoms with Crippen molar-refractivity contribution in [2.24, 2.45) is 11.7 Å². The second-order valence-electron chi connectivity index (χ2n) is 4.21. The smallest absolute Gasteiger partial charge is 0.162 e. The largest absolute Gasteiger partial charge is 0.462 e. The van der Waals surface area contributed by atoms with E-state index in [-0.39, 0.29) is 0 Å². The molecule has 1 aliphatic rings. The van der Waals surface area contributed by atoms with E-state index in [2.05, 4.69) is 4.98 Å². The molecule has 0 aliphatic heterocycles. The minimum absolute atomic E-state index is 0.636. The van der Waals surface area contributed by atoms with Crippen molar-refractivity contribution in [2.75, 3.05) is 6.54 Å². The van der Waals surface area contributed by atoms with Gasteiger partial charge in [-0.15, -0.1) is 11.3 Å². The van der Waals surface area contributed by atoms with Crippen LogP contribution in [-0.2, 0) is 12.8 Å². The van der Waals surface area contributed by atoms with Gasteiger partial charge in [-0.05, 0) is 43.9 Å². The Balaban J connectivity index is 1.92. The lowest BCUT2D eigenvalue weighted by Gasteiger charge is -2.18. The number of nitrogens with zero attached hydrogens (tertiary/aromatic N) is 1. The van der Waals surface area contributed by atoms with Gasteiger partial charge in [0.25, 0.3) is 0 Å². The molecule has 0 spiro atoms. The van der Waals surface area contributed by atoms with Gasteiger partial charge in [0, 0.05) is 4.88 Å². The molecule has 0 aromatic carbocycles. The first-order valence-electron chi connectivity index (χ1n) is 5.59. The Kier molecular flexibility index (Phi) is 2.53. The highest BCUT2D eigenvalue weighted by Gasteiger charge is 2.22. The van der Waals surface area contributed by atoms with Crippen LogP contribution in [0.15, 0.2) is 22.8 Å². The van der Waals surface area contributed by atoms with Gasteiger partial charge < -0.3 is 10.2 Å². The van der Waals surface area contributed by atoms with Gasteiger partial charge in [0.1, 0.15) is 0 Å². The zero-order chi connectivity index (χ0) is 11.0. The van der Waals surface area contributed by atoms with Crippen LogP contribution in [0.5, 0.6) is 0 Å². The first-order chi connectivity index (χ1) is 7.86. The van der Waals surface area contributed by atoms with Gasteiger partial charge in [0.15, 0.2) is 10.8 Å². The fourth-order valence-corrected chi connectivity index (χ4v) is 3.34. The fourth-order valence-electron chi connectivity index (χ4n) is 2.15. The lowest BCUT2D eigenvalue weighted by Crippen LogP contribution is -2.21. The number of rotatable bonds is 2. The summed E-state index contributed by atoms with van der Waals surface area (Å²) in [6.07, 6.45) is 5.02. The molecule has 0 fully saturated rings. The molecule has 0 bridgehead atoms. The number of hydrogen-bond acceptors (Lipinski definition) is 4. The lowest BCUT2D eigenvalue weighted by atomic mass is 9.91. The molecule has 2 N–H and O–H groups in total. The van der Waals surface area contributed by atoms with Crippen LogP contribution in [0.2, 0.25) is 0 Å². The normalized spacial score (nSPS) is 19.7. The van der Waals surface area contributed by atoms with E-state index in [0.717, 1.165) is 30.2 Å². The van der Waals surface area contributed by atoms with E-state index in [1.807, 2.05) is 12.1 Å². The average Bonchev–Trinajstić information content (AvgIpc) is 2.96. The van der Waals surface area contributed by atoms with Crippen LogP contribution in [0.4, 0.5) is 0 Å². The molecule has 2 heterocycles. The maximum Gasteiger partial charge on any atom is 0.162 e. The van der Waals surface area contributed by atoms with E-state index in [9.17, 15) is 0 Å². The number of aryl methyl sites for hydroxylation is 1. The van der Waals surface area contributed by atoms with Gasteiger partial charge in [0.05, 0.1) is 12.0 Å². The van der Waals surface area contributed by atoms with Gasteiger partial charge in [-0.2, -0.15) is 0 Å². The highest BCUT2D eigenvalue weighted by molar-refractivity contribution is 7.15. The molecule has 0 amide bonds. The van der Waals surface area contributed by atoms with Crippen molar-refractivity contribution in [1.29, 1.82) is 0 Å². The molecule has 2 aromatic heterocycles. The minimum atomic E-state index is 0.636. The van der Waals surface area contributed by atoms with Crippen molar-refractivity contribution in [3.63, 3.8) is 0 Å². The van der Waals surface area contributed by atoms with Gasteiger partial charge in [-0.1, -0.05) is 0 Å². The summed E-state index contributed by atoms with van der Waals surface area (Å²) in [5.74, 6) is 1.51. The summed E-state index contributed by atoms with van der Waals surface area (Å²) >= 11 is 1.75. The van der Waals surface area contributed by atoms with Gasteiger partial charge in [-0.3, -0.25) is 0 Å². The molecule has 0 radical (unpaired) electrons. The summed E-state index contributed by atoms with van der Waals surface area (Å²) in [7, 11) is 0. The Morgan fingerprint density at radius 1 is 1.56 bits per heavy atom. The number of fused-ring (bicyclic) bond motifs is 1. The Hall–Kier alpha value is -1.13. The minimum Gasteiger partial charge on any atom is -0.462 e. The quantitative estimate of drug-likeness (QED) is 0.868. The Labute approximate surface area is 98.3 Å². The van der Waals surface area contributed by atoms with Crippen LogP contribution in [0.1, 0.15) is 17.0 Å². The second kappa shape index (κ2) is 4.03. The lowest BCUT2D eigenvalue weighted by molar-refractivity contribution is 0.470. The molecule has 0 saturated heterocycles. The summed E-state index contributed by atoms with van der Waals surface area (Å²) < 4.78 is 5.37. The summed E-state index contributed by atoms with van der Waals surface area (Å²) in [5, 5.41) is 1.01. The fraction of sp³-hybridized carbons (Fsp3) is 0.417. The van der Waals surface area contributed by atoms with Crippen molar-refractivity contribution in [3.05, 3.63) is 29.0 Å². The standard InChI is InChI=1S/C12H14N2OS/c13-7-8-3-4-9-11(6-8)16-12(14-9)10-2-1-5-15-10/h1-2,5,8H,3-4,6-7,13H2. The molecular weight excluding hydrogens is 220 g/mol. The average molecular weight is 234 g/mol. The predicted molar refractivity (Wildman–Crippen MR) is 64.4 cm³/mol. The molecule has 84 valence electrons. The van der Waals surface area contributed by atoms with E-state index >= 15 is 0 Å². The van der Waals surface area contributed by atoms with Gasteiger partial charge >= 0.3 is 0 Å². The number of nitrogens with two attached hydrogens (primary N) is 1. The second-order valence-corrected chi connectivity index (χ2v) is 5.29. The monoisotopic (exact) mass is 234 g/mol.